The number of rotatable bonds is 4. The number of carbonyl (C=O) groups is 1. The molecule has 82 valence electrons. The van der Waals surface area contributed by atoms with Crippen LogP contribution in [0.5, 0.6) is 0 Å². The van der Waals surface area contributed by atoms with Crippen molar-refractivity contribution in [1.82, 2.24) is 5.32 Å². The van der Waals surface area contributed by atoms with Gasteiger partial charge in [-0.2, -0.15) is 5.26 Å². The number of nitriles is 1. The molecule has 0 aliphatic heterocycles. The minimum Gasteiger partial charge on any atom is -0.356 e. The molecule has 1 amide bonds. The molecular formula is C13H14N2O. The molecule has 1 aromatic carbocycles. The number of benzene rings is 1. The van der Waals surface area contributed by atoms with Crippen LogP contribution in [0.15, 0.2) is 30.3 Å². The van der Waals surface area contributed by atoms with Crippen LogP contribution in [0.2, 0.25) is 0 Å². The first kappa shape index (κ1) is 12.0. The third-order valence-corrected chi connectivity index (χ3v) is 2.06. The smallest absolute Gasteiger partial charge is 0.216 e. The minimum absolute atomic E-state index is 0.0224. The Balaban J connectivity index is 2.50. The predicted molar refractivity (Wildman–Crippen MR) is 63.5 cm³/mol. The van der Waals surface area contributed by atoms with Gasteiger partial charge < -0.3 is 5.32 Å². The monoisotopic (exact) mass is 214 g/mol. The summed E-state index contributed by atoms with van der Waals surface area (Å²) in [4.78, 5) is 10.6. The summed E-state index contributed by atoms with van der Waals surface area (Å²) in [6.45, 7) is 2.12. The second kappa shape index (κ2) is 6.41. The number of carbonyl (C=O) groups excluding carboxylic acids is 1. The molecular weight excluding hydrogens is 200 g/mol. The van der Waals surface area contributed by atoms with Gasteiger partial charge in [-0.15, -0.1) is 0 Å². The molecule has 3 heteroatoms. The van der Waals surface area contributed by atoms with E-state index in [0.29, 0.717) is 12.1 Å². The zero-order chi connectivity index (χ0) is 11.8. The van der Waals surface area contributed by atoms with Gasteiger partial charge in [0.15, 0.2) is 0 Å². The van der Waals surface area contributed by atoms with Crippen molar-refractivity contribution in [2.45, 2.75) is 13.3 Å². The Labute approximate surface area is 95.4 Å². The maximum absolute atomic E-state index is 10.6. The normalized spacial score (nSPS) is 10.0. The Morgan fingerprint density at radius 2 is 2.25 bits per heavy atom. The van der Waals surface area contributed by atoms with Crippen molar-refractivity contribution in [2.75, 3.05) is 6.54 Å². The van der Waals surface area contributed by atoms with Gasteiger partial charge in [-0.25, -0.2) is 0 Å². The fourth-order valence-corrected chi connectivity index (χ4v) is 1.29. The van der Waals surface area contributed by atoms with Crippen molar-refractivity contribution in [3.63, 3.8) is 0 Å². The molecule has 0 unspecified atom stereocenters. The van der Waals surface area contributed by atoms with E-state index in [0.717, 1.165) is 12.0 Å². The van der Waals surface area contributed by atoms with Gasteiger partial charge >= 0.3 is 0 Å². The largest absolute Gasteiger partial charge is 0.356 e. The summed E-state index contributed by atoms with van der Waals surface area (Å²) in [7, 11) is 0. The lowest BCUT2D eigenvalue weighted by Crippen LogP contribution is -2.20. The number of nitrogens with zero attached hydrogens (tertiary/aromatic N) is 1. The van der Waals surface area contributed by atoms with Crippen LogP contribution < -0.4 is 5.32 Å². The number of hydrogen-bond donors (Lipinski definition) is 1. The molecule has 1 N–H and O–H groups in total. The fourth-order valence-electron chi connectivity index (χ4n) is 1.29. The van der Waals surface area contributed by atoms with E-state index in [1.807, 2.05) is 30.4 Å². The topological polar surface area (TPSA) is 52.9 Å². The van der Waals surface area contributed by atoms with Gasteiger partial charge in [-0.3, -0.25) is 4.79 Å². The summed E-state index contributed by atoms with van der Waals surface area (Å²) in [5, 5.41) is 11.6. The van der Waals surface area contributed by atoms with E-state index >= 15 is 0 Å². The van der Waals surface area contributed by atoms with Crippen LogP contribution in [0.1, 0.15) is 24.5 Å². The number of nitrogens with one attached hydrogen (secondary N) is 1. The molecule has 1 aromatic rings. The van der Waals surface area contributed by atoms with E-state index in [9.17, 15) is 4.79 Å². The molecule has 0 saturated carbocycles. The minimum atomic E-state index is -0.0224. The molecule has 0 bridgehead atoms. The van der Waals surface area contributed by atoms with Crippen LogP contribution in [-0.4, -0.2) is 12.5 Å². The highest BCUT2D eigenvalue weighted by Crippen LogP contribution is 2.09. The van der Waals surface area contributed by atoms with E-state index in [1.165, 1.54) is 6.92 Å². The maximum atomic E-state index is 10.6. The van der Waals surface area contributed by atoms with Crippen LogP contribution in [0.4, 0.5) is 0 Å². The summed E-state index contributed by atoms with van der Waals surface area (Å²) >= 11 is 0. The summed E-state index contributed by atoms with van der Waals surface area (Å²) in [5.41, 5.74) is 1.58. The van der Waals surface area contributed by atoms with Crippen molar-refractivity contribution in [1.29, 1.82) is 5.26 Å². The predicted octanol–water partition coefficient (Wildman–Crippen LogP) is 2.10. The summed E-state index contributed by atoms with van der Waals surface area (Å²) in [6, 6.07) is 9.55. The average Bonchev–Trinajstić information content (AvgIpc) is 2.29. The summed E-state index contributed by atoms with van der Waals surface area (Å²) in [5.74, 6) is -0.0224. The highest BCUT2D eigenvalue weighted by atomic mass is 16.1. The highest BCUT2D eigenvalue weighted by Gasteiger charge is 1.95. The first-order chi connectivity index (χ1) is 7.74. The van der Waals surface area contributed by atoms with E-state index in [2.05, 4.69) is 11.4 Å². The van der Waals surface area contributed by atoms with Gasteiger partial charge in [0.1, 0.15) is 0 Å². The zero-order valence-electron chi connectivity index (χ0n) is 9.23. The van der Waals surface area contributed by atoms with Crippen molar-refractivity contribution < 1.29 is 4.79 Å². The van der Waals surface area contributed by atoms with Crippen molar-refractivity contribution in [3.8, 4) is 6.07 Å². The molecule has 1 rings (SSSR count). The Hall–Kier alpha value is -2.08. The van der Waals surface area contributed by atoms with Gasteiger partial charge in [-0.05, 0) is 18.1 Å². The van der Waals surface area contributed by atoms with Crippen LogP contribution in [0, 0.1) is 11.3 Å². The quantitative estimate of drug-likeness (QED) is 0.780. The van der Waals surface area contributed by atoms with E-state index in [-0.39, 0.29) is 5.91 Å². The lowest BCUT2D eigenvalue weighted by atomic mass is 10.1. The summed E-state index contributed by atoms with van der Waals surface area (Å²) in [6.07, 6.45) is 4.62. The SMILES string of the molecule is CC(=O)NCCC=Cc1ccccc1C#N. The number of amides is 1. The van der Waals surface area contributed by atoms with E-state index in [4.69, 9.17) is 5.26 Å². The summed E-state index contributed by atoms with van der Waals surface area (Å²) < 4.78 is 0. The lowest BCUT2D eigenvalue weighted by Gasteiger charge is -1.98. The Morgan fingerprint density at radius 1 is 1.50 bits per heavy atom. The Kier molecular flexibility index (Phi) is 4.81. The van der Waals surface area contributed by atoms with Crippen LogP contribution in [0.3, 0.4) is 0 Å². The van der Waals surface area contributed by atoms with Gasteiger partial charge in [0.2, 0.25) is 5.91 Å². The zero-order valence-corrected chi connectivity index (χ0v) is 9.23. The third kappa shape index (κ3) is 3.97. The Morgan fingerprint density at radius 3 is 2.94 bits per heavy atom. The third-order valence-electron chi connectivity index (χ3n) is 2.06. The first-order valence-corrected chi connectivity index (χ1v) is 5.14. The molecule has 0 spiro atoms. The highest BCUT2D eigenvalue weighted by molar-refractivity contribution is 5.72. The van der Waals surface area contributed by atoms with Crippen molar-refractivity contribution in [2.24, 2.45) is 0 Å². The van der Waals surface area contributed by atoms with Gasteiger partial charge in [-0.1, -0.05) is 30.4 Å². The molecule has 0 aliphatic carbocycles. The average molecular weight is 214 g/mol. The van der Waals surface area contributed by atoms with Crippen LogP contribution in [-0.2, 0) is 4.79 Å². The standard InChI is InChI=1S/C13H14N2O/c1-11(16)15-9-5-4-7-12-6-2-3-8-13(12)10-14/h2-4,6-8H,5,9H2,1H3,(H,15,16). The molecule has 16 heavy (non-hydrogen) atoms. The molecule has 0 aliphatic rings. The van der Waals surface area contributed by atoms with Crippen LogP contribution >= 0.6 is 0 Å². The lowest BCUT2D eigenvalue weighted by molar-refractivity contribution is -0.118. The first-order valence-electron chi connectivity index (χ1n) is 5.14. The molecule has 3 nitrogen and oxygen atoms in total. The second-order valence-electron chi connectivity index (χ2n) is 3.37. The molecule has 0 aromatic heterocycles. The molecule has 0 saturated heterocycles. The maximum Gasteiger partial charge on any atom is 0.216 e. The van der Waals surface area contributed by atoms with Gasteiger partial charge in [0, 0.05) is 13.5 Å². The molecule has 0 atom stereocenters. The van der Waals surface area contributed by atoms with Gasteiger partial charge in [0.25, 0.3) is 0 Å². The molecule has 0 fully saturated rings. The van der Waals surface area contributed by atoms with Crippen LogP contribution in [0.25, 0.3) is 6.08 Å². The van der Waals surface area contributed by atoms with Crippen molar-refractivity contribution >= 4 is 12.0 Å². The van der Waals surface area contributed by atoms with Gasteiger partial charge in [0.05, 0.1) is 11.6 Å². The number of hydrogen-bond acceptors (Lipinski definition) is 2. The fraction of sp³-hybridized carbons (Fsp3) is 0.231. The van der Waals surface area contributed by atoms with E-state index in [1.54, 1.807) is 6.07 Å². The Bertz CT molecular complexity index is 430. The molecule has 0 heterocycles. The molecule has 0 radical (unpaired) electrons. The van der Waals surface area contributed by atoms with E-state index < -0.39 is 0 Å². The van der Waals surface area contributed by atoms with Crippen molar-refractivity contribution in [3.05, 3.63) is 41.5 Å². The second-order valence-corrected chi connectivity index (χ2v) is 3.37.